The molecule has 0 spiro atoms. The Hall–Kier alpha value is -5.03. The van der Waals surface area contributed by atoms with Gasteiger partial charge in [-0.15, -0.1) is 10.5 Å². The Bertz CT molecular complexity index is 3200. The van der Waals surface area contributed by atoms with E-state index < -0.39 is 9.84 Å². The average molecular weight is 781 g/mol. The molecule has 0 saturated carbocycles. The zero-order valence-corrected chi connectivity index (χ0v) is 36.2. The van der Waals surface area contributed by atoms with Crippen molar-refractivity contribution in [2.24, 2.45) is 0 Å². The molecular weight excluding hydrogens is 733 g/mol. The summed E-state index contributed by atoms with van der Waals surface area (Å²) in [4.78, 5) is 3.48. The van der Waals surface area contributed by atoms with Crippen LogP contribution in [0, 0.1) is 27.7 Å². The summed E-state index contributed by atoms with van der Waals surface area (Å²) in [7, 11) is -4.14. The minimum atomic E-state index is -3.78. The normalized spacial score (nSPS) is 17.6. The van der Waals surface area contributed by atoms with Gasteiger partial charge in [0.15, 0.2) is 0 Å². The maximum Gasteiger partial charge on any atom is 0.208 e. The summed E-state index contributed by atoms with van der Waals surface area (Å²) in [6.45, 7) is 22.4. The van der Waals surface area contributed by atoms with E-state index in [0.29, 0.717) is 9.80 Å². The zero-order chi connectivity index (χ0) is 40.2. The third-order valence-electron chi connectivity index (χ3n) is 12.8. The number of hydrogen-bond donors (Lipinski definition) is 0. The van der Waals surface area contributed by atoms with E-state index in [1.165, 1.54) is 65.1 Å². The van der Waals surface area contributed by atoms with Crippen LogP contribution in [0.2, 0.25) is 0 Å². The minimum Gasteiger partial charge on any atom is -0.218 e. The minimum absolute atomic E-state index is 0.0367. The Balaban J connectivity index is 1.33. The molecule has 0 fully saturated rings. The van der Waals surface area contributed by atoms with Crippen LogP contribution in [0.25, 0.3) is 33.1 Å². The summed E-state index contributed by atoms with van der Waals surface area (Å²) >= 11 is 0. The number of benzene rings is 6. The SMILES string of the molecule is C=S1C2=C(c3ccccc31)c1cc3cc4c(cc3cc1=C2c1c(C)cc(C(C)(C)C)cc1C)C1=C(C=4c2c(C)cc(C(C)(C)C)cc2C)S(=O)(=O)c2ccccc21. The van der Waals surface area contributed by atoms with Crippen LogP contribution in [0.3, 0.4) is 0 Å². The Labute approximate surface area is 339 Å². The third-order valence-corrected chi connectivity index (χ3v) is 16.4. The molecule has 0 radical (unpaired) electrons. The second-order valence-electron chi connectivity index (χ2n) is 18.7. The maximum atomic E-state index is 14.8. The summed E-state index contributed by atoms with van der Waals surface area (Å²) in [5.74, 6) is 4.85. The molecule has 2 aliphatic carbocycles. The van der Waals surface area contributed by atoms with Crippen molar-refractivity contribution in [1.29, 1.82) is 0 Å². The summed E-state index contributed by atoms with van der Waals surface area (Å²) in [5.41, 5.74) is 18.2. The van der Waals surface area contributed by atoms with Crippen LogP contribution in [0.4, 0.5) is 0 Å². The molecule has 4 aliphatic rings. The van der Waals surface area contributed by atoms with E-state index in [2.05, 4.69) is 142 Å². The number of rotatable bonds is 2. The van der Waals surface area contributed by atoms with Gasteiger partial charge in [-0.05, 0) is 157 Å². The van der Waals surface area contributed by atoms with Gasteiger partial charge in [0.2, 0.25) is 9.84 Å². The van der Waals surface area contributed by atoms with Crippen molar-refractivity contribution in [2.75, 3.05) is 0 Å². The third kappa shape index (κ3) is 4.96. The molecule has 2 heterocycles. The van der Waals surface area contributed by atoms with E-state index in [4.69, 9.17) is 5.87 Å². The average Bonchev–Trinajstić information content (AvgIpc) is 3.80. The summed E-state index contributed by atoms with van der Waals surface area (Å²) < 4.78 is 29.5. The molecule has 0 aromatic heterocycles. The lowest BCUT2D eigenvalue weighted by molar-refractivity contribution is 0.589. The van der Waals surface area contributed by atoms with Gasteiger partial charge in [-0.25, -0.2) is 8.42 Å². The van der Waals surface area contributed by atoms with Crippen LogP contribution in [-0.4, -0.2) is 14.3 Å². The fourth-order valence-electron chi connectivity index (χ4n) is 10.1. The van der Waals surface area contributed by atoms with Crippen LogP contribution in [0.5, 0.6) is 0 Å². The van der Waals surface area contributed by atoms with Gasteiger partial charge in [-0.3, -0.25) is 0 Å². The molecule has 284 valence electrons. The molecule has 0 amide bonds. The predicted octanol–water partition coefficient (Wildman–Crippen LogP) is 11.5. The Kier molecular flexibility index (Phi) is 7.50. The van der Waals surface area contributed by atoms with Crippen LogP contribution < -0.4 is 10.4 Å². The van der Waals surface area contributed by atoms with E-state index in [0.717, 1.165) is 55.0 Å². The molecule has 4 heteroatoms. The first-order valence-corrected chi connectivity index (χ1v) is 22.8. The molecule has 2 aliphatic heterocycles. The molecule has 6 aromatic carbocycles. The van der Waals surface area contributed by atoms with E-state index in [1.807, 2.05) is 18.2 Å². The van der Waals surface area contributed by atoms with Gasteiger partial charge >= 0.3 is 0 Å². The fourth-order valence-corrected chi connectivity index (χ4v) is 13.8. The maximum absolute atomic E-state index is 14.8. The summed E-state index contributed by atoms with van der Waals surface area (Å²) in [5, 5.41) is 4.44. The van der Waals surface area contributed by atoms with E-state index in [-0.39, 0.29) is 21.3 Å². The molecule has 1 atom stereocenters. The molecular formula is C53H48O2S2. The van der Waals surface area contributed by atoms with Gasteiger partial charge in [0, 0.05) is 37.7 Å². The van der Waals surface area contributed by atoms with E-state index in [1.54, 1.807) is 6.07 Å². The highest BCUT2D eigenvalue weighted by molar-refractivity contribution is 8.18. The molecule has 0 saturated heterocycles. The topological polar surface area (TPSA) is 34.1 Å². The number of fused-ring (bicyclic) bond motifs is 9. The highest BCUT2D eigenvalue weighted by Gasteiger charge is 2.43. The zero-order valence-electron chi connectivity index (χ0n) is 34.6. The lowest BCUT2D eigenvalue weighted by Gasteiger charge is -2.24. The predicted molar refractivity (Wildman–Crippen MR) is 243 cm³/mol. The Morgan fingerprint density at radius 2 is 0.965 bits per heavy atom. The lowest BCUT2D eigenvalue weighted by Crippen LogP contribution is -2.17. The quantitative estimate of drug-likeness (QED) is 0.164. The number of aryl methyl sites for hydroxylation is 4. The van der Waals surface area contributed by atoms with Crippen molar-refractivity contribution >= 4 is 59.3 Å². The van der Waals surface area contributed by atoms with Gasteiger partial charge in [0.05, 0.1) is 9.80 Å². The van der Waals surface area contributed by atoms with Crippen molar-refractivity contribution < 1.29 is 8.42 Å². The first-order chi connectivity index (χ1) is 26.9. The van der Waals surface area contributed by atoms with Crippen LogP contribution in [-0.2, 0) is 20.7 Å². The van der Waals surface area contributed by atoms with Crippen molar-refractivity contribution in [3.8, 4) is 0 Å². The number of sulfone groups is 1. The van der Waals surface area contributed by atoms with Crippen molar-refractivity contribution in [3.05, 3.63) is 184 Å². The standard InChI is InChI=1S/C53H48O2S2/c1-28-20-34(52(5,6)7)21-29(2)44(28)48-40-26-33-25-39-41(27-32(33)24-38(40)46-36-16-12-14-18-42(36)56(11)50(46)48)49(45-30(3)22-35(23-31(45)4)53(8,9)10)51-47(39)37-17-13-15-19-43(37)57(51,54)55/h12-27H,11H2,1-10H3. The number of allylic oxidation sites excluding steroid dienone is 2. The highest BCUT2D eigenvalue weighted by atomic mass is 32.2. The van der Waals surface area contributed by atoms with Gasteiger partial charge in [-0.2, -0.15) is 0 Å². The van der Waals surface area contributed by atoms with Crippen molar-refractivity contribution in [2.45, 2.75) is 89.9 Å². The molecule has 6 aromatic rings. The van der Waals surface area contributed by atoms with Crippen LogP contribution in [0.15, 0.2) is 117 Å². The second kappa shape index (κ2) is 11.8. The Morgan fingerprint density at radius 3 is 1.51 bits per heavy atom. The molecule has 10 rings (SSSR count). The van der Waals surface area contributed by atoms with Gasteiger partial charge in [0.25, 0.3) is 0 Å². The molecule has 0 bridgehead atoms. The largest absolute Gasteiger partial charge is 0.218 e. The second-order valence-corrected chi connectivity index (χ2v) is 22.1. The Morgan fingerprint density at radius 1 is 0.509 bits per heavy atom. The van der Waals surface area contributed by atoms with Gasteiger partial charge in [-0.1, -0.05) is 108 Å². The highest BCUT2D eigenvalue weighted by Crippen LogP contribution is 2.58. The fraction of sp³-hybridized carbons (Fsp3) is 0.226. The van der Waals surface area contributed by atoms with Crippen molar-refractivity contribution in [1.82, 2.24) is 0 Å². The summed E-state index contributed by atoms with van der Waals surface area (Å²) in [6, 6.07) is 35.0. The van der Waals surface area contributed by atoms with Crippen LogP contribution in [0.1, 0.15) is 108 Å². The smallest absolute Gasteiger partial charge is 0.208 e. The van der Waals surface area contributed by atoms with Gasteiger partial charge in [0.1, 0.15) is 0 Å². The first kappa shape index (κ1) is 36.3. The van der Waals surface area contributed by atoms with Crippen LogP contribution >= 0.6 is 10.5 Å². The molecule has 2 nitrogen and oxygen atoms in total. The van der Waals surface area contributed by atoms with Crippen molar-refractivity contribution in [3.63, 3.8) is 0 Å². The van der Waals surface area contributed by atoms with E-state index in [9.17, 15) is 8.42 Å². The molecule has 0 N–H and O–H groups in total. The monoisotopic (exact) mass is 780 g/mol. The van der Waals surface area contributed by atoms with E-state index >= 15 is 0 Å². The van der Waals surface area contributed by atoms with Gasteiger partial charge < -0.3 is 0 Å². The lowest BCUT2D eigenvalue weighted by atomic mass is 9.82. The molecule has 1 unspecified atom stereocenters. The molecule has 57 heavy (non-hydrogen) atoms. The number of hydrogen-bond acceptors (Lipinski definition) is 2. The summed E-state index contributed by atoms with van der Waals surface area (Å²) in [6.07, 6.45) is 0. The first-order valence-electron chi connectivity index (χ1n) is 20.0.